The van der Waals surface area contributed by atoms with Gasteiger partial charge in [-0.25, -0.2) is 0 Å². The van der Waals surface area contributed by atoms with Crippen LogP contribution in [-0.4, -0.2) is 68.6 Å². The molecule has 0 aromatic heterocycles. The minimum absolute atomic E-state index is 0.0292. The third-order valence-corrected chi connectivity index (χ3v) is 4.21. The van der Waals surface area contributed by atoms with Gasteiger partial charge in [-0.15, -0.1) is 0 Å². The number of fused-ring (bicyclic) bond motifs is 1. The Hall–Kier alpha value is -1.30. The molecule has 0 saturated carbocycles. The number of likely N-dealkylation sites (N-methyl/N-ethyl adjacent to an activating group) is 1. The van der Waals surface area contributed by atoms with Gasteiger partial charge in [0.05, 0.1) is 11.6 Å². The summed E-state index contributed by atoms with van der Waals surface area (Å²) in [4.78, 5) is 16.9. The van der Waals surface area contributed by atoms with Crippen LogP contribution in [0.15, 0.2) is 12.1 Å². The Labute approximate surface area is 129 Å². The number of nitrogens with zero attached hydrogens (tertiary/aromatic N) is 2. The molecular formula is C15H19ClN2O3. The molecule has 1 aromatic rings. The highest BCUT2D eigenvalue weighted by molar-refractivity contribution is 6.34. The predicted octanol–water partition coefficient (Wildman–Crippen LogP) is 1.54. The Morgan fingerprint density at radius 2 is 1.76 bits per heavy atom. The Morgan fingerprint density at radius 3 is 2.43 bits per heavy atom. The molecule has 0 spiro atoms. The number of halogens is 1. The molecule has 2 aliphatic heterocycles. The molecule has 1 saturated heterocycles. The molecule has 3 rings (SSSR count). The SMILES string of the molecule is CN1CCN(CC(=O)c2cc3c(cc2Cl)OCCO3)CC1. The summed E-state index contributed by atoms with van der Waals surface area (Å²) < 4.78 is 11.0. The number of piperazine rings is 1. The average molecular weight is 311 g/mol. The van der Waals surface area contributed by atoms with E-state index in [9.17, 15) is 4.79 Å². The van der Waals surface area contributed by atoms with Gasteiger partial charge in [0.15, 0.2) is 17.3 Å². The van der Waals surface area contributed by atoms with Crippen molar-refractivity contribution < 1.29 is 14.3 Å². The highest BCUT2D eigenvalue weighted by atomic mass is 35.5. The van der Waals surface area contributed by atoms with Crippen LogP contribution in [0.5, 0.6) is 11.5 Å². The fourth-order valence-corrected chi connectivity index (χ4v) is 2.83. The second-order valence-electron chi connectivity index (χ2n) is 5.48. The first-order chi connectivity index (χ1) is 10.1. The van der Waals surface area contributed by atoms with E-state index in [2.05, 4.69) is 16.8 Å². The number of rotatable bonds is 3. The van der Waals surface area contributed by atoms with Crippen LogP contribution in [0.1, 0.15) is 10.4 Å². The smallest absolute Gasteiger partial charge is 0.178 e. The molecule has 6 heteroatoms. The zero-order chi connectivity index (χ0) is 14.8. The average Bonchev–Trinajstić information content (AvgIpc) is 2.49. The van der Waals surface area contributed by atoms with Crippen LogP contribution >= 0.6 is 11.6 Å². The number of hydrogen-bond acceptors (Lipinski definition) is 5. The van der Waals surface area contributed by atoms with Gasteiger partial charge in [-0.2, -0.15) is 0 Å². The van der Waals surface area contributed by atoms with Crippen molar-refractivity contribution in [2.45, 2.75) is 0 Å². The zero-order valence-corrected chi connectivity index (χ0v) is 12.9. The molecule has 2 heterocycles. The Bertz CT molecular complexity index is 542. The van der Waals surface area contributed by atoms with Gasteiger partial charge < -0.3 is 14.4 Å². The molecular weight excluding hydrogens is 292 g/mol. The molecule has 21 heavy (non-hydrogen) atoms. The lowest BCUT2D eigenvalue weighted by molar-refractivity contribution is 0.0875. The maximum Gasteiger partial charge on any atom is 0.178 e. The summed E-state index contributed by atoms with van der Waals surface area (Å²) in [5.41, 5.74) is 0.514. The first-order valence-corrected chi connectivity index (χ1v) is 7.54. The van der Waals surface area contributed by atoms with Crippen molar-refractivity contribution >= 4 is 17.4 Å². The molecule has 1 fully saturated rings. The van der Waals surface area contributed by atoms with Gasteiger partial charge in [0.25, 0.3) is 0 Å². The first kappa shape index (κ1) is 14.6. The van der Waals surface area contributed by atoms with Crippen molar-refractivity contribution in [1.29, 1.82) is 0 Å². The molecule has 114 valence electrons. The molecule has 0 atom stereocenters. The van der Waals surface area contributed by atoms with Gasteiger partial charge in [0.2, 0.25) is 0 Å². The van der Waals surface area contributed by atoms with E-state index in [1.807, 2.05) is 0 Å². The van der Waals surface area contributed by atoms with Crippen molar-refractivity contribution in [2.24, 2.45) is 0 Å². The predicted molar refractivity (Wildman–Crippen MR) is 80.7 cm³/mol. The molecule has 0 aliphatic carbocycles. The standard InChI is InChI=1S/C15H19ClN2O3/c1-17-2-4-18(5-3-17)10-13(19)11-8-14-15(9-12(11)16)21-7-6-20-14/h8-9H,2-7,10H2,1H3. The summed E-state index contributed by atoms with van der Waals surface area (Å²) in [5.74, 6) is 1.25. The highest BCUT2D eigenvalue weighted by Crippen LogP contribution is 2.35. The lowest BCUT2D eigenvalue weighted by Crippen LogP contribution is -2.46. The monoisotopic (exact) mass is 310 g/mol. The minimum Gasteiger partial charge on any atom is -0.486 e. The number of Topliss-reactive ketones (excluding diaryl/α,β-unsaturated/α-hetero) is 1. The van der Waals surface area contributed by atoms with Crippen LogP contribution in [0.2, 0.25) is 5.02 Å². The largest absolute Gasteiger partial charge is 0.486 e. The van der Waals surface area contributed by atoms with Crippen LogP contribution < -0.4 is 9.47 Å². The summed E-state index contributed by atoms with van der Waals surface area (Å²) in [6, 6.07) is 3.38. The van der Waals surface area contributed by atoms with E-state index >= 15 is 0 Å². The quantitative estimate of drug-likeness (QED) is 0.792. The van der Waals surface area contributed by atoms with Crippen molar-refractivity contribution in [1.82, 2.24) is 9.80 Å². The molecule has 0 N–H and O–H groups in total. The van der Waals surface area contributed by atoms with E-state index in [1.165, 1.54) is 0 Å². The van der Waals surface area contributed by atoms with E-state index in [4.69, 9.17) is 21.1 Å². The van der Waals surface area contributed by atoms with Gasteiger partial charge >= 0.3 is 0 Å². The van der Waals surface area contributed by atoms with Gasteiger partial charge in [-0.1, -0.05) is 11.6 Å². The lowest BCUT2D eigenvalue weighted by atomic mass is 10.1. The van der Waals surface area contributed by atoms with Crippen molar-refractivity contribution in [3.05, 3.63) is 22.7 Å². The van der Waals surface area contributed by atoms with Crippen LogP contribution in [0.3, 0.4) is 0 Å². The fraction of sp³-hybridized carbons (Fsp3) is 0.533. The van der Waals surface area contributed by atoms with Gasteiger partial charge in [-0.05, 0) is 13.1 Å². The number of ketones is 1. The van der Waals surface area contributed by atoms with Gasteiger partial charge in [0, 0.05) is 37.8 Å². The van der Waals surface area contributed by atoms with E-state index in [1.54, 1.807) is 12.1 Å². The first-order valence-electron chi connectivity index (χ1n) is 7.17. The maximum atomic E-state index is 12.5. The van der Waals surface area contributed by atoms with E-state index in [0.29, 0.717) is 41.8 Å². The number of ether oxygens (including phenoxy) is 2. The van der Waals surface area contributed by atoms with Crippen molar-refractivity contribution in [2.75, 3.05) is 53.0 Å². The van der Waals surface area contributed by atoms with Crippen LogP contribution in [0.25, 0.3) is 0 Å². The molecule has 5 nitrogen and oxygen atoms in total. The molecule has 2 aliphatic rings. The molecule has 1 aromatic carbocycles. The summed E-state index contributed by atoms with van der Waals surface area (Å²) in [6.45, 7) is 5.20. The topological polar surface area (TPSA) is 42.0 Å². The Balaban J connectivity index is 1.72. The third-order valence-electron chi connectivity index (χ3n) is 3.90. The molecule has 0 bridgehead atoms. The number of hydrogen-bond donors (Lipinski definition) is 0. The highest BCUT2D eigenvalue weighted by Gasteiger charge is 2.22. The number of carbonyl (C=O) groups excluding carboxylic acids is 1. The van der Waals surface area contributed by atoms with E-state index in [0.717, 1.165) is 26.2 Å². The summed E-state index contributed by atoms with van der Waals surface area (Å²) in [5, 5.41) is 0.429. The van der Waals surface area contributed by atoms with Gasteiger partial charge in [0.1, 0.15) is 13.2 Å². The van der Waals surface area contributed by atoms with Crippen LogP contribution in [0, 0.1) is 0 Å². The second kappa shape index (κ2) is 6.22. The summed E-state index contributed by atoms with van der Waals surface area (Å²) in [6.07, 6.45) is 0. The minimum atomic E-state index is 0.0292. The molecule has 0 amide bonds. The fourth-order valence-electron chi connectivity index (χ4n) is 2.57. The van der Waals surface area contributed by atoms with Crippen LogP contribution in [-0.2, 0) is 0 Å². The Morgan fingerprint density at radius 1 is 1.14 bits per heavy atom. The van der Waals surface area contributed by atoms with Crippen molar-refractivity contribution in [3.8, 4) is 11.5 Å². The van der Waals surface area contributed by atoms with E-state index in [-0.39, 0.29) is 5.78 Å². The molecule has 0 unspecified atom stereocenters. The maximum absolute atomic E-state index is 12.5. The third kappa shape index (κ3) is 3.31. The second-order valence-corrected chi connectivity index (χ2v) is 5.89. The van der Waals surface area contributed by atoms with E-state index < -0.39 is 0 Å². The normalized spacial score (nSPS) is 19.5. The summed E-state index contributed by atoms with van der Waals surface area (Å²) in [7, 11) is 2.09. The molecule has 0 radical (unpaired) electrons. The van der Waals surface area contributed by atoms with Crippen LogP contribution in [0.4, 0.5) is 0 Å². The van der Waals surface area contributed by atoms with Crippen molar-refractivity contribution in [3.63, 3.8) is 0 Å². The number of carbonyl (C=O) groups is 1. The lowest BCUT2D eigenvalue weighted by Gasteiger charge is -2.31. The Kier molecular flexibility index (Phi) is 4.33. The summed E-state index contributed by atoms with van der Waals surface area (Å²) >= 11 is 6.21. The van der Waals surface area contributed by atoms with Gasteiger partial charge in [-0.3, -0.25) is 9.69 Å². The number of benzene rings is 1. The zero-order valence-electron chi connectivity index (χ0n) is 12.1.